The Morgan fingerprint density at radius 3 is 2.72 bits per heavy atom. The summed E-state index contributed by atoms with van der Waals surface area (Å²) in [6, 6.07) is 13.4. The second kappa shape index (κ2) is 8.34. The van der Waals surface area contributed by atoms with E-state index in [0.29, 0.717) is 24.9 Å². The van der Waals surface area contributed by atoms with Crippen LogP contribution >= 0.6 is 0 Å². The summed E-state index contributed by atoms with van der Waals surface area (Å²) in [6.45, 7) is 4.98. The minimum Gasteiger partial charge on any atom is -0.494 e. The van der Waals surface area contributed by atoms with Crippen molar-refractivity contribution in [2.45, 2.75) is 33.2 Å². The highest BCUT2D eigenvalue weighted by Gasteiger charge is 2.29. The van der Waals surface area contributed by atoms with Crippen LogP contribution in [0.1, 0.15) is 31.2 Å². The van der Waals surface area contributed by atoms with Crippen LogP contribution < -0.4 is 15.4 Å². The largest absolute Gasteiger partial charge is 0.494 e. The van der Waals surface area contributed by atoms with Gasteiger partial charge in [0.25, 0.3) is 0 Å². The maximum Gasteiger partial charge on any atom is 0.246 e. The van der Waals surface area contributed by atoms with Crippen LogP contribution in [0.5, 0.6) is 5.75 Å². The normalized spacial score (nSPS) is 13.2. The number of rotatable bonds is 8. The summed E-state index contributed by atoms with van der Waals surface area (Å²) in [7, 11) is 0. The molecule has 1 saturated carbocycles. The third-order valence-electron chi connectivity index (χ3n) is 4.77. The Bertz CT molecular complexity index is 994. The molecule has 0 atom stereocenters. The average molecular weight is 392 g/mol. The molecule has 29 heavy (non-hydrogen) atoms. The number of aromatic nitrogens is 2. The van der Waals surface area contributed by atoms with Gasteiger partial charge in [-0.05, 0) is 68.7 Å². The fraction of sp³-hybridized carbons (Fsp3) is 0.318. The number of benzene rings is 2. The standard InChI is InChI=1S/C22H24N4O3/c1-3-28-18-10-7-15(8-11-18)21-25-20(29-26-21)13-23-19-12-17(9-4-14(19)2)24-22(27)16-5-6-16/h4,7-12,16,23H,3,5-6,13H2,1-2H3,(H,24,27). The zero-order valence-corrected chi connectivity index (χ0v) is 16.6. The number of nitrogens with zero attached hydrogens (tertiary/aromatic N) is 2. The summed E-state index contributed by atoms with van der Waals surface area (Å²) in [5, 5.41) is 10.3. The molecule has 7 heteroatoms. The minimum atomic E-state index is 0.0942. The molecule has 2 N–H and O–H groups in total. The van der Waals surface area contributed by atoms with Crippen molar-refractivity contribution < 1.29 is 14.1 Å². The molecule has 0 bridgehead atoms. The van der Waals surface area contributed by atoms with Crippen LogP contribution in [0.4, 0.5) is 11.4 Å². The molecular formula is C22H24N4O3. The van der Waals surface area contributed by atoms with Crippen molar-refractivity contribution in [2.75, 3.05) is 17.2 Å². The molecule has 1 aromatic heterocycles. The highest BCUT2D eigenvalue weighted by Crippen LogP contribution is 2.31. The van der Waals surface area contributed by atoms with Crippen LogP contribution in [0, 0.1) is 12.8 Å². The Balaban J connectivity index is 1.39. The van der Waals surface area contributed by atoms with Crippen LogP contribution in [0.15, 0.2) is 47.0 Å². The van der Waals surface area contributed by atoms with E-state index in [9.17, 15) is 4.79 Å². The Kier molecular flexibility index (Phi) is 5.46. The van der Waals surface area contributed by atoms with Crippen molar-refractivity contribution in [2.24, 2.45) is 5.92 Å². The molecule has 4 rings (SSSR count). The zero-order chi connectivity index (χ0) is 20.2. The van der Waals surface area contributed by atoms with Crippen molar-refractivity contribution in [3.63, 3.8) is 0 Å². The molecule has 1 aliphatic carbocycles. The number of aryl methyl sites for hydroxylation is 1. The van der Waals surface area contributed by atoms with Crippen molar-refractivity contribution in [1.82, 2.24) is 10.1 Å². The molecule has 1 amide bonds. The minimum absolute atomic E-state index is 0.0942. The van der Waals surface area contributed by atoms with E-state index in [4.69, 9.17) is 9.26 Å². The number of hydrogen-bond donors (Lipinski definition) is 2. The third kappa shape index (κ3) is 4.74. The summed E-state index contributed by atoms with van der Waals surface area (Å²) < 4.78 is 10.8. The van der Waals surface area contributed by atoms with Gasteiger partial charge in [0.15, 0.2) is 0 Å². The molecule has 3 aromatic rings. The van der Waals surface area contributed by atoms with Gasteiger partial charge in [-0.3, -0.25) is 4.79 Å². The lowest BCUT2D eigenvalue weighted by molar-refractivity contribution is -0.117. The quantitative estimate of drug-likeness (QED) is 0.590. The molecule has 1 fully saturated rings. The first-order valence-corrected chi connectivity index (χ1v) is 9.83. The number of carbonyl (C=O) groups is 1. The van der Waals surface area contributed by atoms with Gasteiger partial charge in [-0.25, -0.2) is 0 Å². The van der Waals surface area contributed by atoms with Gasteiger partial charge in [0.2, 0.25) is 17.6 Å². The third-order valence-corrected chi connectivity index (χ3v) is 4.77. The fourth-order valence-electron chi connectivity index (χ4n) is 2.96. The number of nitrogens with one attached hydrogen (secondary N) is 2. The predicted octanol–water partition coefficient (Wildman–Crippen LogP) is 4.40. The van der Waals surface area contributed by atoms with E-state index in [2.05, 4.69) is 20.8 Å². The SMILES string of the molecule is CCOc1ccc(-c2noc(CNc3cc(NC(=O)C4CC4)ccc3C)n2)cc1. The first kappa shape index (κ1) is 19.0. The summed E-state index contributed by atoms with van der Waals surface area (Å²) in [6.07, 6.45) is 1.97. The van der Waals surface area contributed by atoms with Crippen LogP contribution in [-0.4, -0.2) is 22.7 Å². The van der Waals surface area contributed by atoms with E-state index in [1.54, 1.807) is 0 Å². The van der Waals surface area contributed by atoms with Crippen molar-refractivity contribution in [3.05, 3.63) is 53.9 Å². The highest BCUT2D eigenvalue weighted by molar-refractivity contribution is 5.94. The van der Waals surface area contributed by atoms with Gasteiger partial charge in [0.1, 0.15) is 5.75 Å². The summed E-state index contributed by atoms with van der Waals surface area (Å²) in [5.74, 6) is 2.10. The summed E-state index contributed by atoms with van der Waals surface area (Å²) in [4.78, 5) is 16.4. The van der Waals surface area contributed by atoms with E-state index in [-0.39, 0.29) is 11.8 Å². The van der Waals surface area contributed by atoms with Gasteiger partial charge in [-0.15, -0.1) is 0 Å². The lowest BCUT2D eigenvalue weighted by Crippen LogP contribution is -2.13. The maximum atomic E-state index is 12.0. The Morgan fingerprint density at radius 1 is 1.21 bits per heavy atom. The molecule has 7 nitrogen and oxygen atoms in total. The van der Waals surface area contributed by atoms with E-state index in [1.807, 2.05) is 56.3 Å². The van der Waals surface area contributed by atoms with Gasteiger partial charge in [0.05, 0.1) is 13.2 Å². The monoisotopic (exact) mass is 392 g/mol. The molecule has 0 radical (unpaired) electrons. The van der Waals surface area contributed by atoms with Crippen molar-refractivity contribution >= 4 is 17.3 Å². The van der Waals surface area contributed by atoms with Crippen molar-refractivity contribution in [1.29, 1.82) is 0 Å². The Labute approximate surface area is 169 Å². The summed E-state index contributed by atoms with van der Waals surface area (Å²) >= 11 is 0. The van der Waals surface area contributed by atoms with Gasteiger partial charge in [-0.1, -0.05) is 11.2 Å². The number of carbonyl (C=O) groups excluding carboxylic acids is 1. The topological polar surface area (TPSA) is 89.3 Å². The van der Waals surface area contributed by atoms with Crippen molar-refractivity contribution in [3.8, 4) is 17.1 Å². The van der Waals surface area contributed by atoms with Gasteiger partial charge in [-0.2, -0.15) is 4.98 Å². The number of hydrogen-bond acceptors (Lipinski definition) is 6. The Hall–Kier alpha value is -3.35. The smallest absolute Gasteiger partial charge is 0.246 e. The van der Waals surface area contributed by atoms with Crippen LogP contribution in [0.25, 0.3) is 11.4 Å². The predicted molar refractivity (Wildman–Crippen MR) is 111 cm³/mol. The molecule has 0 unspecified atom stereocenters. The molecule has 1 aliphatic rings. The summed E-state index contributed by atoms with van der Waals surface area (Å²) in [5.41, 5.74) is 3.64. The molecular weight excluding hydrogens is 368 g/mol. The maximum absolute atomic E-state index is 12.0. The van der Waals surface area contributed by atoms with Crippen LogP contribution in [0.2, 0.25) is 0 Å². The van der Waals surface area contributed by atoms with Gasteiger partial charge in [0, 0.05) is 22.9 Å². The molecule has 1 heterocycles. The average Bonchev–Trinajstić information content (AvgIpc) is 3.48. The zero-order valence-electron chi connectivity index (χ0n) is 16.6. The molecule has 0 saturated heterocycles. The molecule has 2 aromatic carbocycles. The van der Waals surface area contributed by atoms with E-state index in [0.717, 1.165) is 41.1 Å². The fourth-order valence-corrected chi connectivity index (χ4v) is 2.96. The lowest BCUT2D eigenvalue weighted by atomic mass is 10.1. The molecule has 0 spiro atoms. The number of amides is 1. The van der Waals surface area contributed by atoms with Gasteiger partial charge >= 0.3 is 0 Å². The first-order chi connectivity index (χ1) is 14.1. The van der Waals surface area contributed by atoms with E-state index < -0.39 is 0 Å². The first-order valence-electron chi connectivity index (χ1n) is 9.83. The van der Waals surface area contributed by atoms with E-state index >= 15 is 0 Å². The van der Waals surface area contributed by atoms with E-state index in [1.165, 1.54) is 0 Å². The Morgan fingerprint density at radius 2 is 2.00 bits per heavy atom. The van der Waals surface area contributed by atoms with Crippen LogP contribution in [0.3, 0.4) is 0 Å². The second-order valence-corrected chi connectivity index (χ2v) is 7.12. The van der Waals surface area contributed by atoms with Crippen LogP contribution in [-0.2, 0) is 11.3 Å². The molecule has 0 aliphatic heterocycles. The molecule has 150 valence electrons. The number of anilines is 2. The second-order valence-electron chi connectivity index (χ2n) is 7.12. The van der Waals surface area contributed by atoms with Gasteiger partial charge < -0.3 is 19.9 Å². The number of ether oxygens (including phenoxy) is 1. The highest BCUT2D eigenvalue weighted by atomic mass is 16.5. The lowest BCUT2D eigenvalue weighted by Gasteiger charge is -2.11.